The maximum Gasteiger partial charge on any atom is 0.160 e. The van der Waals surface area contributed by atoms with Crippen molar-refractivity contribution in [2.45, 2.75) is 0 Å². The molecule has 0 aliphatic rings. The molecule has 0 aliphatic heterocycles. The molecule has 0 aliphatic carbocycles. The number of para-hydroxylation sites is 2. The van der Waals surface area contributed by atoms with Crippen molar-refractivity contribution < 1.29 is 4.42 Å². The molecule has 0 radical (unpaired) electrons. The van der Waals surface area contributed by atoms with E-state index < -0.39 is 0 Å². The zero-order valence-electron chi connectivity index (χ0n) is 29.3. The molecule has 2 aromatic heterocycles. The first-order valence-electron chi connectivity index (χ1n) is 18.2. The van der Waals surface area contributed by atoms with E-state index in [1.54, 1.807) is 0 Å². The molecule has 0 spiro atoms. The molecule has 4 nitrogen and oxygen atoms in total. The second-order valence-electron chi connectivity index (χ2n) is 13.4. The van der Waals surface area contributed by atoms with Crippen LogP contribution in [0.1, 0.15) is 0 Å². The molecule has 0 N–H and O–H groups in total. The fourth-order valence-electron chi connectivity index (χ4n) is 7.50. The van der Waals surface area contributed by atoms with Gasteiger partial charge in [0.2, 0.25) is 0 Å². The lowest BCUT2D eigenvalue weighted by atomic mass is 10.00. The van der Waals surface area contributed by atoms with Gasteiger partial charge >= 0.3 is 0 Å². The van der Waals surface area contributed by atoms with Crippen LogP contribution in [-0.2, 0) is 0 Å². The zero-order valence-corrected chi connectivity index (χ0v) is 29.3. The molecule has 0 atom stereocenters. The highest BCUT2D eigenvalue weighted by Crippen LogP contribution is 2.44. The number of fused-ring (bicyclic) bond motifs is 4. The fourth-order valence-corrected chi connectivity index (χ4v) is 7.50. The van der Waals surface area contributed by atoms with E-state index in [1.807, 2.05) is 30.3 Å². The predicted molar refractivity (Wildman–Crippen MR) is 223 cm³/mol. The molecule has 2 heterocycles. The maximum absolute atomic E-state index is 6.70. The summed E-state index contributed by atoms with van der Waals surface area (Å²) in [6.07, 6.45) is 0. The summed E-state index contributed by atoms with van der Waals surface area (Å²) in [5.41, 5.74) is 11.8. The van der Waals surface area contributed by atoms with Crippen molar-refractivity contribution >= 4 is 49.8 Å². The minimum atomic E-state index is 0.680. The summed E-state index contributed by atoms with van der Waals surface area (Å²) in [4.78, 5) is 12.6. The number of hydrogen-bond donors (Lipinski definition) is 0. The van der Waals surface area contributed by atoms with Crippen molar-refractivity contribution in [1.29, 1.82) is 0 Å². The van der Waals surface area contributed by atoms with Gasteiger partial charge in [-0.2, -0.15) is 0 Å². The Hall–Kier alpha value is -7.30. The molecule has 4 heteroatoms. The summed E-state index contributed by atoms with van der Waals surface area (Å²) in [5, 5.41) is 4.42. The Bertz CT molecular complexity index is 2940. The van der Waals surface area contributed by atoms with Crippen molar-refractivity contribution in [3.05, 3.63) is 200 Å². The van der Waals surface area contributed by atoms with Gasteiger partial charge in [-0.25, -0.2) is 9.97 Å². The summed E-state index contributed by atoms with van der Waals surface area (Å²) >= 11 is 0. The van der Waals surface area contributed by atoms with E-state index in [2.05, 4.69) is 175 Å². The van der Waals surface area contributed by atoms with Crippen LogP contribution in [0.25, 0.3) is 77.7 Å². The van der Waals surface area contributed by atoms with Crippen LogP contribution in [0.2, 0.25) is 0 Å². The van der Waals surface area contributed by atoms with Crippen molar-refractivity contribution in [3.8, 4) is 45.0 Å². The second-order valence-corrected chi connectivity index (χ2v) is 13.4. The van der Waals surface area contributed by atoms with Crippen LogP contribution in [0.15, 0.2) is 205 Å². The Balaban J connectivity index is 1.15. The molecule has 0 amide bonds. The predicted octanol–water partition coefficient (Wildman–Crippen LogP) is 13.7. The summed E-state index contributed by atoms with van der Waals surface area (Å²) in [6.45, 7) is 0. The van der Waals surface area contributed by atoms with Crippen LogP contribution >= 0.6 is 0 Å². The number of benzene rings is 8. The Morgan fingerprint density at radius 1 is 0.389 bits per heavy atom. The van der Waals surface area contributed by atoms with E-state index in [9.17, 15) is 0 Å². The molecule has 0 saturated heterocycles. The van der Waals surface area contributed by atoms with Gasteiger partial charge in [-0.05, 0) is 64.9 Å². The van der Waals surface area contributed by atoms with E-state index in [-0.39, 0.29) is 0 Å². The molecule has 0 saturated carbocycles. The third-order valence-corrected chi connectivity index (χ3v) is 10.1. The number of rotatable bonds is 7. The van der Waals surface area contributed by atoms with Crippen LogP contribution in [0, 0.1) is 0 Å². The molecule has 0 fully saturated rings. The quantitative estimate of drug-likeness (QED) is 0.167. The van der Waals surface area contributed by atoms with Gasteiger partial charge in [-0.3, -0.25) is 0 Å². The van der Waals surface area contributed by atoms with Gasteiger partial charge in [-0.1, -0.05) is 146 Å². The smallest absolute Gasteiger partial charge is 0.160 e. The second kappa shape index (κ2) is 13.4. The molecule has 0 unspecified atom stereocenters. The maximum atomic E-state index is 6.70. The average molecular weight is 692 g/mol. The van der Waals surface area contributed by atoms with Gasteiger partial charge < -0.3 is 9.32 Å². The lowest BCUT2D eigenvalue weighted by molar-refractivity contribution is 0.669. The molecule has 8 aromatic carbocycles. The summed E-state index contributed by atoms with van der Waals surface area (Å²) in [6, 6.07) is 69.6. The number of aromatic nitrogens is 2. The van der Waals surface area contributed by atoms with Gasteiger partial charge in [0.15, 0.2) is 5.82 Å². The summed E-state index contributed by atoms with van der Waals surface area (Å²) in [7, 11) is 0. The first-order chi connectivity index (χ1) is 26.8. The number of nitrogens with zero attached hydrogens (tertiary/aromatic N) is 3. The van der Waals surface area contributed by atoms with Crippen molar-refractivity contribution in [2.24, 2.45) is 0 Å². The number of hydrogen-bond acceptors (Lipinski definition) is 4. The van der Waals surface area contributed by atoms with E-state index in [4.69, 9.17) is 14.4 Å². The van der Waals surface area contributed by atoms with Crippen molar-refractivity contribution in [2.75, 3.05) is 4.90 Å². The van der Waals surface area contributed by atoms with Gasteiger partial charge in [0.1, 0.15) is 11.2 Å². The topological polar surface area (TPSA) is 42.2 Å². The van der Waals surface area contributed by atoms with Gasteiger partial charge in [0.25, 0.3) is 0 Å². The van der Waals surface area contributed by atoms with E-state index in [0.717, 1.165) is 78.2 Å². The first-order valence-corrected chi connectivity index (χ1v) is 18.2. The molecular weight excluding hydrogens is 659 g/mol. The lowest BCUT2D eigenvalue weighted by Crippen LogP contribution is -2.11. The first kappa shape index (κ1) is 31.4. The zero-order chi connectivity index (χ0) is 35.8. The molecule has 254 valence electrons. The minimum Gasteiger partial charge on any atom is -0.456 e. The SMILES string of the molecule is c1ccc(-c2nc(-c3ccc4ccccc4c3)cc(-c3cccc4oc5cc(N(c6ccccc6)c6ccccc6-c6ccccc6)ccc5c34)n2)cc1. The Labute approximate surface area is 313 Å². The monoisotopic (exact) mass is 691 g/mol. The number of anilines is 3. The minimum absolute atomic E-state index is 0.680. The highest BCUT2D eigenvalue weighted by Gasteiger charge is 2.21. The summed E-state index contributed by atoms with van der Waals surface area (Å²) in [5.74, 6) is 0.680. The standard InChI is InChI=1S/C50H33N3O/c1-4-16-35(17-5-1)41-23-12-13-25-46(41)53(39-21-8-3-9-22-39)40-29-30-43-48(32-40)54-47-26-14-24-42(49(43)47)45-33-44(51-50(52-45)36-18-6-2-7-19-36)38-28-27-34-15-10-11-20-37(34)31-38/h1-33H. The third kappa shape index (κ3) is 5.67. The van der Waals surface area contributed by atoms with E-state index in [0.29, 0.717) is 5.82 Å². The third-order valence-electron chi connectivity index (χ3n) is 10.1. The Morgan fingerprint density at radius 2 is 1.06 bits per heavy atom. The Morgan fingerprint density at radius 3 is 1.87 bits per heavy atom. The van der Waals surface area contributed by atoms with Gasteiger partial charge in [0, 0.05) is 50.5 Å². The van der Waals surface area contributed by atoms with Crippen LogP contribution in [0.3, 0.4) is 0 Å². The lowest BCUT2D eigenvalue weighted by Gasteiger charge is -2.27. The number of furan rings is 1. The molecule has 10 rings (SSSR count). The van der Waals surface area contributed by atoms with Crippen LogP contribution in [0.5, 0.6) is 0 Å². The highest BCUT2D eigenvalue weighted by atomic mass is 16.3. The molecule has 54 heavy (non-hydrogen) atoms. The molecular formula is C50H33N3O. The summed E-state index contributed by atoms with van der Waals surface area (Å²) < 4.78 is 6.70. The van der Waals surface area contributed by atoms with E-state index in [1.165, 1.54) is 10.8 Å². The van der Waals surface area contributed by atoms with Crippen LogP contribution in [-0.4, -0.2) is 9.97 Å². The molecule has 0 bridgehead atoms. The van der Waals surface area contributed by atoms with Crippen LogP contribution in [0.4, 0.5) is 17.1 Å². The highest BCUT2D eigenvalue weighted by molar-refractivity contribution is 6.13. The average Bonchev–Trinajstić information content (AvgIpc) is 3.63. The van der Waals surface area contributed by atoms with Crippen molar-refractivity contribution in [3.63, 3.8) is 0 Å². The fraction of sp³-hybridized carbons (Fsp3) is 0. The largest absolute Gasteiger partial charge is 0.456 e. The molecule has 10 aromatic rings. The van der Waals surface area contributed by atoms with Gasteiger partial charge in [-0.15, -0.1) is 0 Å². The van der Waals surface area contributed by atoms with Crippen molar-refractivity contribution in [1.82, 2.24) is 9.97 Å². The van der Waals surface area contributed by atoms with Crippen LogP contribution < -0.4 is 4.90 Å². The van der Waals surface area contributed by atoms with Gasteiger partial charge in [0.05, 0.1) is 17.1 Å². The Kier molecular flexibility index (Phi) is 7.77. The normalized spacial score (nSPS) is 11.3. The van der Waals surface area contributed by atoms with E-state index >= 15 is 0 Å².